The number of nitrogens with zero attached hydrogens (tertiary/aromatic N) is 1. The maximum atomic E-state index is 12.2. The van der Waals surface area contributed by atoms with Crippen molar-refractivity contribution in [2.45, 2.75) is 0 Å². The lowest BCUT2D eigenvalue weighted by Crippen LogP contribution is -2.13. The quantitative estimate of drug-likeness (QED) is 0.872. The van der Waals surface area contributed by atoms with Crippen molar-refractivity contribution in [2.75, 3.05) is 12.4 Å². The number of ether oxygens (including phenoxy) is 1. The molecule has 0 fully saturated rings. The van der Waals surface area contributed by atoms with Gasteiger partial charge in [-0.1, -0.05) is 0 Å². The van der Waals surface area contributed by atoms with E-state index in [-0.39, 0.29) is 5.91 Å². The molecule has 0 saturated heterocycles. The molecule has 0 aliphatic carbocycles. The maximum absolute atomic E-state index is 12.2. The van der Waals surface area contributed by atoms with E-state index in [0.717, 1.165) is 4.47 Å². The van der Waals surface area contributed by atoms with Crippen molar-refractivity contribution in [2.24, 2.45) is 0 Å². The molecule has 0 aliphatic rings. The van der Waals surface area contributed by atoms with Gasteiger partial charge in [-0.2, -0.15) is 0 Å². The molecule has 0 unspecified atom stereocenters. The molecule has 2 aromatic rings. The normalized spacial score (nSPS) is 10.1. The van der Waals surface area contributed by atoms with Gasteiger partial charge >= 0.3 is 0 Å². The molecular formula is C13H10Br2N2O2. The first-order chi connectivity index (χ1) is 9.11. The lowest BCUT2D eigenvalue weighted by Gasteiger charge is -2.09. The average molecular weight is 386 g/mol. The fourth-order valence-corrected chi connectivity index (χ4v) is 2.25. The Morgan fingerprint density at radius 1 is 1.26 bits per heavy atom. The van der Waals surface area contributed by atoms with Crippen molar-refractivity contribution >= 4 is 43.5 Å². The monoisotopic (exact) mass is 384 g/mol. The number of hydrogen-bond donors (Lipinski definition) is 1. The molecular weight excluding hydrogens is 376 g/mol. The van der Waals surface area contributed by atoms with Gasteiger partial charge in [-0.05, 0) is 56.1 Å². The van der Waals surface area contributed by atoms with Gasteiger partial charge < -0.3 is 10.1 Å². The molecule has 0 aliphatic heterocycles. The first-order valence-corrected chi connectivity index (χ1v) is 6.95. The van der Waals surface area contributed by atoms with Crippen molar-refractivity contribution in [3.63, 3.8) is 0 Å². The highest BCUT2D eigenvalue weighted by Crippen LogP contribution is 2.25. The van der Waals surface area contributed by atoms with Gasteiger partial charge in [0.15, 0.2) is 0 Å². The number of rotatable bonds is 3. The summed E-state index contributed by atoms with van der Waals surface area (Å²) in [6.45, 7) is 0. The van der Waals surface area contributed by atoms with Gasteiger partial charge in [0.05, 0.1) is 22.8 Å². The molecule has 0 saturated carbocycles. The van der Waals surface area contributed by atoms with Crippen LogP contribution in [-0.2, 0) is 0 Å². The summed E-state index contributed by atoms with van der Waals surface area (Å²) in [5.41, 5.74) is 1.16. The number of carbonyl (C=O) groups excluding carboxylic acids is 1. The summed E-state index contributed by atoms with van der Waals surface area (Å²) in [6.07, 6.45) is 3.23. The van der Waals surface area contributed by atoms with E-state index >= 15 is 0 Å². The van der Waals surface area contributed by atoms with E-state index < -0.39 is 0 Å². The Balaban J connectivity index is 2.28. The first kappa shape index (κ1) is 14.0. The highest BCUT2D eigenvalue weighted by atomic mass is 79.9. The summed E-state index contributed by atoms with van der Waals surface area (Å²) in [5, 5.41) is 2.81. The fourth-order valence-electron chi connectivity index (χ4n) is 1.47. The molecule has 4 nitrogen and oxygen atoms in total. The van der Waals surface area contributed by atoms with Crippen LogP contribution in [0.2, 0.25) is 0 Å². The Labute approximate surface area is 127 Å². The predicted octanol–water partition coefficient (Wildman–Crippen LogP) is 3.87. The predicted molar refractivity (Wildman–Crippen MR) is 80.6 cm³/mol. The fraction of sp³-hybridized carbons (Fsp3) is 0.0769. The molecule has 19 heavy (non-hydrogen) atoms. The van der Waals surface area contributed by atoms with Crippen molar-refractivity contribution in [1.29, 1.82) is 0 Å². The van der Waals surface area contributed by atoms with Crippen LogP contribution >= 0.6 is 31.9 Å². The second kappa shape index (κ2) is 6.16. The van der Waals surface area contributed by atoms with E-state index in [0.29, 0.717) is 21.5 Å². The standard InChI is InChI=1S/C13H10Br2N2O2/c1-19-8-2-3-10(14)9(6-8)13(18)17-12-4-5-16-7-11(12)15/h2-7H,1H3,(H,16,17,18). The number of benzene rings is 1. The highest BCUT2D eigenvalue weighted by Gasteiger charge is 2.12. The zero-order valence-corrected chi connectivity index (χ0v) is 13.2. The van der Waals surface area contributed by atoms with Gasteiger partial charge in [0.25, 0.3) is 5.91 Å². The van der Waals surface area contributed by atoms with Crippen molar-refractivity contribution < 1.29 is 9.53 Å². The minimum Gasteiger partial charge on any atom is -0.497 e. The molecule has 1 amide bonds. The zero-order chi connectivity index (χ0) is 13.8. The van der Waals surface area contributed by atoms with Crippen LogP contribution in [0.5, 0.6) is 5.75 Å². The van der Waals surface area contributed by atoms with E-state index in [1.165, 1.54) is 0 Å². The minimum atomic E-state index is -0.224. The Bertz CT molecular complexity index is 617. The molecule has 2 rings (SSSR count). The first-order valence-electron chi connectivity index (χ1n) is 5.36. The van der Waals surface area contributed by atoms with E-state index in [1.54, 1.807) is 43.8 Å². The largest absolute Gasteiger partial charge is 0.497 e. The summed E-state index contributed by atoms with van der Waals surface area (Å²) >= 11 is 6.68. The summed E-state index contributed by atoms with van der Waals surface area (Å²) < 4.78 is 6.54. The van der Waals surface area contributed by atoms with Crippen LogP contribution in [-0.4, -0.2) is 18.0 Å². The van der Waals surface area contributed by atoms with Gasteiger partial charge in [0.2, 0.25) is 0 Å². The van der Waals surface area contributed by atoms with E-state index in [1.807, 2.05) is 0 Å². The van der Waals surface area contributed by atoms with Gasteiger partial charge in [-0.15, -0.1) is 0 Å². The smallest absolute Gasteiger partial charge is 0.256 e. The third kappa shape index (κ3) is 3.33. The Morgan fingerprint density at radius 3 is 2.74 bits per heavy atom. The number of aromatic nitrogens is 1. The molecule has 6 heteroatoms. The number of amides is 1. The van der Waals surface area contributed by atoms with Crippen LogP contribution in [0.4, 0.5) is 5.69 Å². The molecule has 1 heterocycles. The lowest BCUT2D eigenvalue weighted by molar-refractivity contribution is 0.102. The summed E-state index contributed by atoms with van der Waals surface area (Å²) in [5.74, 6) is 0.403. The summed E-state index contributed by atoms with van der Waals surface area (Å²) in [4.78, 5) is 16.2. The second-order valence-electron chi connectivity index (χ2n) is 3.66. The summed E-state index contributed by atoms with van der Waals surface area (Å²) in [7, 11) is 1.56. The van der Waals surface area contributed by atoms with Crippen LogP contribution in [0.1, 0.15) is 10.4 Å². The van der Waals surface area contributed by atoms with Crippen LogP contribution in [0.3, 0.4) is 0 Å². The Hall–Kier alpha value is -1.40. The Kier molecular flexibility index (Phi) is 4.55. The third-order valence-electron chi connectivity index (χ3n) is 2.44. The van der Waals surface area contributed by atoms with E-state index in [9.17, 15) is 4.79 Å². The molecule has 98 valence electrons. The van der Waals surface area contributed by atoms with Crippen molar-refractivity contribution in [1.82, 2.24) is 4.98 Å². The van der Waals surface area contributed by atoms with Crippen LogP contribution in [0.15, 0.2) is 45.6 Å². The van der Waals surface area contributed by atoms with Gasteiger partial charge in [-0.3, -0.25) is 9.78 Å². The van der Waals surface area contributed by atoms with Gasteiger partial charge in [0.1, 0.15) is 5.75 Å². The number of nitrogens with one attached hydrogen (secondary N) is 1. The van der Waals surface area contributed by atoms with E-state index in [2.05, 4.69) is 42.2 Å². The topological polar surface area (TPSA) is 51.2 Å². The van der Waals surface area contributed by atoms with E-state index in [4.69, 9.17) is 4.74 Å². The molecule has 0 spiro atoms. The molecule has 0 atom stereocenters. The average Bonchev–Trinajstić information content (AvgIpc) is 2.42. The third-order valence-corrected chi connectivity index (χ3v) is 3.76. The number of hydrogen-bond acceptors (Lipinski definition) is 3. The second-order valence-corrected chi connectivity index (χ2v) is 5.36. The number of methoxy groups -OCH3 is 1. The lowest BCUT2D eigenvalue weighted by atomic mass is 10.2. The highest BCUT2D eigenvalue weighted by molar-refractivity contribution is 9.11. The van der Waals surface area contributed by atoms with Gasteiger partial charge in [0, 0.05) is 16.9 Å². The zero-order valence-electron chi connectivity index (χ0n) is 9.98. The number of carbonyl (C=O) groups is 1. The minimum absolute atomic E-state index is 0.224. The number of halogens is 2. The molecule has 1 N–H and O–H groups in total. The molecule has 0 bridgehead atoms. The summed E-state index contributed by atoms with van der Waals surface area (Å²) in [6, 6.07) is 6.95. The van der Waals surface area contributed by atoms with Crippen molar-refractivity contribution in [3.8, 4) is 5.75 Å². The number of anilines is 1. The Morgan fingerprint density at radius 2 is 2.05 bits per heavy atom. The molecule has 1 aromatic carbocycles. The van der Waals surface area contributed by atoms with Gasteiger partial charge in [-0.25, -0.2) is 0 Å². The SMILES string of the molecule is COc1ccc(Br)c(C(=O)Nc2ccncc2Br)c1. The van der Waals surface area contributed by atoms with Crippen LogP contribution in [0.25, 0.3) is 0 Å². The molecule has 1 aromatic heterocycles. The van der Waals surface area contributed by atoms with Crippen LogP contribution in [0, 0.1) is 0 Å². The number of pyridine rings is 1. The van der Waals surface area contributed by atoms with Crippen LogP contribution < -0.4 is 10.1 Å². The maximum Gasteiger partial charge on any atom is 0.256 e. The molecule has 0 radical (unpaired) electrons. The van der Waals surface area contributed by atoms with Crippen molar-refractivity contribution in [3.05, 3.63) is 51.2 Å².